The van der Waals surface area contributed by atoms with Gasteiger partial charge in [-0.2, -0.15) is 0 Å². The third kappa shape index (κ3) is 3.47. The molecule has 0 saturated carbocycles. The summed E-state index contributed by atoms with van der Waals surface area (Å²) in [6.45, 7) is 1.98. The number of rotatable bonds is 5. The second-order valence-electron chi connectivity index (χ2n) is 3.64. The van der Waals surface area contributed by atoms with E-state index in [1.807, 2.05) is 6.92 Å². The molecule has 0 spiro atoms. The highest BCUT2D eigenvalue weighted by Gasteiger charge is 2.21. The van der Waals surface area contributed by atoms with Crippen LogP contribution in [0.1, 0.15) is 13.3 Å². The zero-order chi connectivity index (χ0) is 12.2. The molecule has 2 nitrogen and oxygen atoms in total. The summed E-state index contributed by atoms with van der Waals surface area (Å²) in [7, 11) is -3.28. The van der Waals surface area contributed by atoms with Crippen LogP contribution in [0.2, 0.25) is 5.02 Å². The highest BCUT2D eigenvalue weighted by atomic mass is 79.9. The maximum Gasteiger partial charge on any atom is 0.180 e. The van der Waals surface area contributed by atoms with E-state index in [0.717, 1.165) is 6.42 Å². The average Bonchev–Trinajstić information content (AvgIpc) is 2.26. The van der Waals surface area contributed by atoms with E-state index in [2.05, 4.69) is 15.9 Å². The molecule has 0 aliphatic carbocycles. The quantitative estimate of drug-likeness (QED) is 0.776. The van der Waals surface area contributed by atoms with Crippen molar-refractivity contribution < 1.29 is 8.42 Å². The Balaban J connectivity index is 2.99. The van der Waals surface area contributed by atoms with Crippen molar-refractivity contribution in [2.45, 2.75) is 18.2 Å². The first kappa shape index (κ1) is 14.0. The zero-order valence-corrected chi connectivity index (χ0v) is 12.1. The Kier molecular flexibility index (Phi) is 5.28. The Morgan fingerprint density at radius 1 is 1.38 bits per heavy atom. The van der Waals surface area contributed by atoms with Crippen molar-refractivity contribution >= 4 is 37.4 Å². The van der Waals surface area contributed by atoms with Crippen molar-refractivity contribution in [3.8, 4) is 0 Å². The van der Waals surface area contributed by atoms with Crippen LogP contribution in [-0.2, 0) is 9.84 Å². The summed E-state index contributed by atoms with van der Waals surface area (Å²) in [6.07, 6.45) is 0.828. The summed E-state index contributed by atoms with van der Waals surface area (Å²) < 4.78 is 24.2. The molecule has 0 N–H and O–H groups in total. The summed E-state index contributed by atoms with van der Waals surface area (Å²) in [6, 6.07) is 6.57. The number of halogens is 2. The van der Waals surface area contributed by atoms with Gasteiger partial charge >= 0.3 is 0 Å². The van der Waals surface area contributed by atoms with E-state index in [-0.39, 0.29) is 16.6 Å². The molecule has 1 rings (SSSR count). The van der Waals surface area contributed by atoms with Crippen LogP contribution in [-0.4, -0.2) is 19.5 Å². The van der Waals surface area contributed by atoms with Crippen LogP contribution in [0, 0.1) is 5.92 Å². The molecule has 0 bridgehead atoms. The lowest BCUT2D eigenvalue weighted by Crippen LogP contribution is -2.17. The van der Waals surface area contributed by atoms with E-state index in [1.54, 1.807) is 24.3 Å². The SMILES string of the molecule is CCC(CBr)CS(=O)(=O)c1ccccc1Cl. The van der Waals surface area contributed by atoms with Crippen LogP contribution in [0.25, 0.3) is 0 Å². The fourth-order valence-corrected chi connectivity index (χ4v) is 4.65. The number of hydrogen-bond acceptors (Lipinski definition) is 2. The fourth-order valence-electron chi connectivity index (χ4n) is 1.37. The standard InChI is InChI=1S/C11H14BrClO2S/c1-2-9(7-12)8-16(14,15)11-6-4-3-5-10(11)13/h3-6,9H,2,7-8H2,1H3. The fraction of sp³-hybridized carbons (Fsp3) is 0.455. The topological polar surface area (TPSA) is 34.1 Å². The van der Waals surface area contributed by atoms with Gasteiger partial charge in [0.05, 0.1) is 15.7 Å². The van der Waals surface area contributed by atoms with E-state index in [4.69, 9.17) is 11.6 Å². The van der Waals surface area contributed by atoms with Crippen LogP contribution >= 0.6 is 27.5 Å². The van der Waals surface area contributed by atoms with Crippen molar-refractivity contribution in [3.05, 3.63) is 29.3 Å². The normalized spacial score (nSPS) is 13.7. The summed E-state index contributed by atoms with van der Waals surface area (Å²) in [5.74, 6) is 0.264. The number of hydrogen-bond donors (Lipinski definition) is 0. The van der Waals surface area contributed by atoms with Gasteiger partial charge in [-0.25, -0.2) is 8.42 Å². The zero-order valence-electron chi connectivity index (χ0n) is 8.99. The van der Waals surface area contributed by atoms with Crippen LogP contribution in [0.15, 0.2) is 29.2 Å². The minimum absolute atomic E-state index is 0.126. The van der Waals surface area contributed by atoms with Gasteiger partial charge in [0, 0.05) is 5.33 Å². The Morgan fingerprint density at radius 3 is 2.50 bits per heavy atom. The molecule has 5 heteroatoms. The van der Waals surface area contributed by atoms with Gasteiger partial charge in [0.25, 0.3) is 0 Å². The van der Waals surface area contributed by atoms with Crippen LogP contribution in [0.4, 0.5) is 0 Å². The maximum atomic E-state index is 12.1. The highest BCUT2D eigenvalue weighted by molar-refractivity contribution is 9.09. The molecule has 0 aliphatic heterocycles. The Bertz CT molecular complexity index is 441. The summed E-state index contributed by atoms with van der Waals surface area (Å²) in [5, 5.41) is 0.986. The second-order valence-corrected chi connectivity index (χ2v) is 6.70. The first-order valence-corrected chi connectivity index (χ1v) is 8.19. The molecule has 0 saturated heterocycles. The first-order valence-electron chi connectivity index (χ1n) is 5.04. The predicted octanol–water partition coefficient (Wildman–Crippen LogP) is 3.53. The number of benzene rings is 1. The molecule has 1 atom stereocenters. The van der Waals surface area contributed by atoms with Gasteiger partial charge in [-0.1, -0.05) is 53.0 Å². The van der Waals surface area contributed by atoms with Crippen LogP contribution in [0.3, 0.4) is 0 Å². The summed E-state index contributed by atoms with van der Waals surface area (Å²) >= 11 is 9.21. The van der Waals surface area contributed by atoms with Gasteiger partial charge in [0.2, 0.25) is 0 Å². The van der Waals surface area contributed by atoms with Gasteiger partial charge in [-0.15, -0.1) is 0 Å². The molecule has 1 aromatic rings. The molecule has 0 amide bonds. The van der Waals surface area contributed by atoms with Crippen molar-refractivity contribution in [1.29, 1.82) is 0 Å². The van der Waals surface area contributed by atoms with E-state index in [9.17, 15) is 8.42 Å². The smallest absolute Gasteiger partial charge is 0.180 e. The van der Waals surface area contributed by atoms with Crippen molar-refractivity contribution in [3.63, 3.8) is 0 Å². The minimum atomic E-state index is -3.28. The van der Waals surface area contributed by atoms with E-state index >= 15 is 0 Å². The lowest BCUT2D eigenvalue weighted by atomic mass is 10.2. The lowest BCUT2D eigenvalue weighted by Gasteiger charge is -2.12. The largest absolute Gasteiger partial charge is 0.224 e. The Labute approximate surface area is 110 Å². The van der Waals surface area contributed by atoms with Gasteiger partial charge in [0.1, 0.15) is 0 Å². The molecule has 16 heavy (non-hydrogen) atoms. The molecule has 90 valence electrons. The third-order valence-corrected chi connectivity index (χ3v) is 5.72. The number of alkyl halides is 1. The van der Waals surface area contributed by atoms with Crippen LogP contribution in [0.5, 0.6) is 0 Å². The third-order valence-electron chi connectivity index (χ3n) is 2.42. The van der Waals surface area contributed by atoms with Gasteiger partial charge in [-0.3, -0.25) is 0 Å². The van der Waals surface area contributed by atoms with Gasteiger partial charge in [-0.05, 0) is 18.1 Å². The molecule has 0 aromatic heterocycles. The molecular weight excluding hydrogens is 312 g/mol. The molecule has 0 radical (unpaired) electrons. The van der Waals surface area contributed by atoms with E-state index in [1.165, 1.54) is 0 Å². The summed E-state index contributed by atoms with van der Waals surface area (Å²) in [5.41, 5.74) is 0. The molecular formula is C11H14BrClO2S. The first-order chi connectivity index (χ1) is 7.51. The Morgan fingerprint density at radius 2 is 2.00 bits per heavy atom. The summed E-state index contributed by atoms with van der Waals surface area (Å²) in [4.78, 5) is 0.232. The Hall–Kier alpha value is -0.0600. The highest BCUT2D eigenvalue weighted by Crippen LogP contribution is 2.24. The molecule has 1 aromatic carbocycles. The minimum Gasteiger partial charge on any atom is -0.224 e. The lowest BCUT2D eigenvalue weighted by molar-refractivity contribution is 0.569. The predicted molar refractivity (Wildman–Crippen MR) is 71.1 cm³/mol. The van der Waals surface area contributed by atoms with E-state index < -0.39 is 9.84 Å². The van der Waals surface area contributed by atoms with Crippen molar-refractivity contribution in [2.75, 3.05) is 11.1 Å². The molecule has 0 fully saturated rings. The van der Waals surface area contributed by atoms with Gasteiger partial charge < -0.3 is 0 Å². The monoisotopic (exact) mass is 324 g/mol. The maximum absolute atomic E-state index is 12.1. The molecule has 1 unspecified atom stereocenters. The molecule has 0 aliphatic rings. The second kappa shape index (κ2) is 6.03. The van der Waals surface area contributed by atoms with Crippen LogP contribution < -0.4 is 0 Å². The number of sulfone groups is 1. The van der Waals surface area contributed by atoms with E-state index in [0.29, 0.717) is 10.4 Å². The average molecular weight is 326 g/mol. The molecule has 0 heterocycles. The van der Waals surface area contributed by atoms with Gasteiger partial charge in [0.15, 0.2) is 9.84 Å². The van der Waals surface area contributed by atoms with Crippen molar-refractivity contribution in [1.82, 2.24) is 0 Å². The van der Waals surface area contributed by atoms with Crippen molar-refractivity contribution in [2.24, 2.45) is 5.92 Å².